The van der Waals surface area contributed by atoms with Crippen molar-refractivity contribution in [2.45, 2.75) is 13.8 Å². The van der Waals surface area contributed by atoms with E-state index in [4.69, 9.17) is 16.7 Å². The molecule has 6 heavy (non-hydrogen) atoms. The van der Waals surface area contributed by atoms with Crippen LogP contribution >= 0.6 is 11.6 Å². The van der Waals surface area contributed by atoms with Crippen molar-refractivity contribution in [1.29, 1.82) is 0 Å². The lowest BCUT2D eigenvalue weighted by Crippen LogP contribution is -1.68. The summed E-state index contributed by atoms with van der Waals surface area (Å²) in [5.41, 5.74) is 0. The summed E-state index contributed by atoms with van der Waals surface area (Å²) in [6, 6.07) is 0. The van der Waals surface area contributed by atoms with Gasteiger partial charge in [-0.1, -0.05) is 11.6 Å². The third-order valence-corrected chi connectivity index (χ3v) is 0.772. The van der Waals surface area contributed by atoms with Gasteiger partial charge in [0.05, 0.1) is 5.03 Å². The van der Waals surface area contributed by atoms with E-state index in [-0.39, 0.29) is 5.76 Å². The molecule has 0 atom stereocenters. The monoisotopic (exact) mass is 106 g/mol. The van der Waals surface area contributed by atoms with E-state index in [1.807, 2.05) is 0 Å². The van der Waals surface area contributed by atoms with Gasteiger partial charge in [0.25, 0.3) is 0 Å². The summed E-state index contributed by atoms with van der Waals surface area (Å²) in [5, 5.41) is 8.83. The van der Waals surface area contributed by atoms with Crippen LogP contribution in [0.5, 0.6) is 0 Å². The highest BCUT2D eigenvalue weighted by Gasteiger charge is 1.81. The van der Waals surface area contributed by atoms with E-state index in [9.17, 15) is 0 Å². The fourth-order valence-corrected chi connectivity index (χ4v) is 0. The van der Waals surface area contributed by atoms with Crippen molar-refractivity contribution in [2.24, 2.45) is 0 Å². The number of rotatable bonds is 0. The minimum absolute atomic E-state index is 0.191. The zero-order valence-corrected chi connectivity index (χ0v) is 4.58. The molecule has 0 heterocycles. The van der Waals surface area contributed by atoms with Crippen molar-refractivity contribution < 1.29 is 5.11 Å². The predicted octanol–water partition coefficient (Wildman–Crippen LogP) is 2.03. The van der Waals surface area contributed by atoms with Gasteiger partial charge in [-0.2, -0.15) is 0 Å². The summed E-state index contributed by atoms with van der Waals surface area (Å²) >= 11 is 5.24. The molecule has 0 aliphatic carbocycles. The zero-order chi connectivity index (χ0) is 5.15. The molecule has 2 heteroatoms. The molecule has 0 spiro atoms. The fraction of sp³-hybridized carbons (Fsp3) is 0.500. The van der Waals surface area contributed by atoms with Crippen LogP contribution in [0.3, 0.4) is 0 Å². The molecule has 0 rings (SSSR count). The molecular weight excluding hydrogens is 99.5 g/mol. The van der Waals surface area contributed by atoms with Gasteiger partial charge in [0.2, 0.25) is 0 Å². The van der Waals surface area contributed by atoms with Crippen LogP contribution in [-0.2, 0) is 0 Å². The Kier molecular flexibility index (Phi) is 2.03. The number of aliphatic hydroxyl groups excluding tert-OH is 1. The van der Waals surface area contributed by atoms with Gasteiger partial charge in [0.15, 0.2) is 0 Å². The smallest absolute Gasteiger partial charge is 0.103 e. The maximum Gasteiger partial charge on any atom is 0.103 e. The standard InChI is InChI=1S/C4H7ClO/c1-3(5)4(2)6/h6H,1-2H3/b4-3+. The Hall–Kier alpha value is -0.170. The lowest BCUT2D eigenvalue weighted by molar-refractivity contribution is 0.411. The van der Waals surface area contributed by atoms with Crippen LogP contribution in [0.2, 0.25) is 0 Å². The van der Waals surface area contributed by atoms with E-state index in [2.05, 4.69) is 0 Å². The quantitative estimate of drug-likeness (QED) is 0.469. The molecule has 0 aliphatic heterocycles. The third-order valence-electron chi connectivity index (χ3n) is 0.499. The van der Waals surface area contributed by atoms with E-state index in [1.165, 1.54) is 0 Å². The Morgan fingerprint density at radius 1 is 1.50 bits per heavy atom. The Morgan fingerprint density at radius 2 is 1.67 bits per heavy atom. The van der Waals surface area contributed by atoms with Gasteiger partial charge in [-0.3, -0.25) is 0 Å². The lowest BCUT2D eigenvalue weighted by atomic mass is 10.5. The third kappa shape index (κ3) is 2.09. The lowest BCUT2D eigenvalue weighted by Gasteiger charge is -1.84. The van der Waals surface area contributed by atoms with Gasteiger partial charge in [0, 0.05) is 0 Å². The highest BCUT2D eigenvalue weighted by atomic mass is 35.5. The molecular formula is C4H7ClO. The van der Waals surface area contributed by atoms with Crippen molar-refractivity contribution in [2.75, 3.05) is 0 Å². The van der Waals surface area contributed by atoms with Gasteiger partial charge in [-0.25, -0.2) is 0 Å². The van der Waals surface area contributed by atoms with Gasteiger partial charge in [-0.15, -0.1) is 0 Å². The summed E-state index contributed by atoms with van der Waals surface area (Å²) in [5.74, 6) is 0.191. The zero-order valence-electron chi connectivity index (χ0n) is 3.83. The van der Waals surface area contributed by atoms with Crippen LogP contribution in [-0.4, -0.2) is 5.11 Å². The Balaban J connectivity index is 3.68. The van der Waals surface area contributed by atoms with E-state index < -0.39 is 0 Å². The molecule has 0 radical (unpaired) electrons. The summed E-state index contributed by atoms with van der Waals surface area (Å²) < 4.78 is 0. The van der Waals surface area contributed by atoms with Crippen LogP contribution in [0.4, 0.5) is 0 Å². The molecule has 0 aromatic rings. The summed E-state index contributed by atoms with van der Waals surface area (Å²) in [4.78, 5) is 0. The molecule has 0 unspecified atom stereocenters. The van der Waals surface area contributed by atoms with Crippen molar-refractivity contribution in [3.63, 3.8) is 0 Å². The SMILES string of the molecule is C/C(O)=C(/C)Cl. The molecule has 0 aromatic carbocycles. The van der Waals surface area contributed by atoms with E-state index in [0.717, 1.165) is 0 Å². The first-order valence-corrected chi connectivity index (χ1v) is 2.04. The molecule has 0 saturated carbocycles. The maximum absolute atomic E-state index is 8.38. The number of hydrogen-bond donors (Lipinski definition) is 1. The highest BCUT2D eigenvalue weighted by molar-refractivity contribution is 6.29. The van der Waals surface area contributed by atoms with Crippen LogP contribution in [0.25, 0.3) is 0 Å². The van der Waals surface area contributed by atoms with E-state index in [0.29, 0.717) is 5.03 Å². The molecule has 1 nitrogen and oxygen atoms in total. The molecule has 0 aromatic heterocycles. The molecule has 0 fully saturated rings. The maximum atomic E-state index is 8.38. The number of hydrogen-bond acceptors (Lipinski definition) is 1. The number of halogens is 1. The molecule has 1 N–H and O–H groups in total. The van der Waals surface area contributed by atoms with Crippen LogP contribution in [0.1, 0.15) is 13.8 Å². The second-order valence-corrected chi connectivity index (χ2v) is 1.69. The first-order chi connectivity index (χ1) is 2.64. The molecule has 0 aliphatic rings. The molecule has 0 amide bonds. The van der Waals surface area contributed by atoms with Crippen molar-refractivity contribution in [3.8, 4) is 0 Å². The van der Waals surface area contributed by atoms with Crippen LogP contribution in [0, 0.1) is 0 Å². The van der Waals surface area contributed by atoms with Gasteiger partial charge >= 0.3 is 0 Å². The van der Waals surface area contributed by atoms with Crippen molar-refractivity contribution >= 4 is 11.6 Å². The minimum Gasteiger partial charge on any atom is -0.511 e. The molecule has 0 saturated heterocycles. The van der Waals surface area contributed by atoms with E-state index in [1.54, 1.807) is 13.8 Å². The first-order valence-electron chi connectivity index (χ1n) is 1.66. The normalized spacial score (nSPS) is 13.8. The second-order valence-electron chi connectivity index (χ2n) is 1.12. The fourth-order valence-electron chi connectivity index (χ4n) is 0. The number of aliphatic hydroxyl groups is 1. The van der Waals surface area contributed by atoms with Crippen LogP contribution in [0.15, 0.2) is 10.8 Å². The summed E-state index contributed by atoms with van der Waals surface area (Å²) in [6.45, 7) is 3.18. The largest absolute Gasteiger partial charge is 0.511 e. The van der Waals surface area contributed by atoms with Gasteiger partial charge in [0.1, 0.15) is 5.76 Å². The Bertz CT molecular complexity index is 57.6. The van der Waals surface area contributed by atoms with Crippen molar-refractivity contribution in [1.82, 2.24) is 0 Å². The van der Waals surface area contributed by atoms with Gasteiger partial charge in [-0.05, 0) is 13.8 Å². The van der Waals surface area contributed by atoms with Gasteiger partial charge < -0.3 is 5.11 Å². The molecule has 36 valence electrons. The predicted molar refractivity (Wildman–Crippen MR) is 26.9 cm³/mol. The second kappa shape index (κ2) is 2.08. The number of allylic oxidation sites excluding steroid dienone is 2. The average Bonchev–Trinajstić information content (AvgIpc) is 1.36. The summed E-state index contributed by atoms with van der Waals surface area (Å²) in [7, 11) is 0. The van der Waals surface area contributed by atoms with Crippen LogP contribution < -0.4 is 0 Å². The van der Waals surface area contributed by atoms with E-state index >= 15 is 0 Å². The first kappa shape index (κ1) is 5.83. The van der Waals surface area contributed by atoms with Crippen molar-refractivity contribution in [3.05, 3.63) is 10.8 Å². The minimum atomic E-state index is 0.191. The average molecular weight is 107 g/mol. The Morgan fingerprint density at radius 3 is 1.67 bits per heavy atom. The summed E-state index contributed by atoms with van der Waals surface area (Å²) in [6.07, 6.45) is 0. The topological polar surface area (TPSA) is 20.2 Å². The highest BCUT2D eigenvalue weighted by Crippen LogP contribution is 2.01. The molecule has 0 bridgehead atoms. The Labute approximate surface area is 42.2 Å².